The molecule has 1 unspecified atom stereocenters. The highest BCUT2D eigenvalue weighted by Gasteiger charge is 2.32. The number of nitrogens with zero attached hydrogens (tertiary/aromatic N) is 2. The van der Waals surface area contributed by atoms with Crippen LogP contribution in [0.4, 0.5) is 0 Å². The minimum atomic E-state index is 0.164. The molecule has 2 aromatic carbocycles. The average Bonchev–Trinajstić information content (AvgIpc) is 3.36. The second-order valence-corrected chi connectivity index (χ2v) is 7.22. The van der Waals surface area contributed by atoms with E-state index < -0.39 is 0 Å². The Labute approximate surface area is 164 Å². The zero-order valence-corrected chi connectivity index (χ0v) is 16.0. The van der Waals surface area contributed by atoms with Crippen molar-refractivity contribution in [1.82, 2.24) is 19.9 Å². The van der Waals surface area contributed by atoms with Gasteiger partial charge in [0.25, 0.3) is 0 Å². The maximum absolute atomic E-state index is 5.64. The smallest absolute Gasteiger partial charge is 0.120 e. The van der Waals surface area contributed by atoms with Gasteiger partial charge in [-0.1, -0.05) is 30.3 Å². The molecule has 0 saturated carbocycles. The number of benzene rings is 2. The standard InChI is InChI=1S/C23H24N4O/c1-2-28-17-9-7-16(8-10-17)23-22-19(18-5-3-4-6-20(18)26-22)11-14-27(23)15-21-24-12-13-25-21/h3-10,12-13,23,26H,2,11,14-15H2,1H3,(H,24,25). The van der Waals surface area contributed by atoms with E-state index in [1.807, 2.05) is 19.3 Å². The van der Waals surface area contributed by atoms with E-state index in [4.69, 9.17) is 4.74 Å². The van der Waals surface area contributed by atoms with Crippen LogP contribution in [0.5, 0.6) is 5.75 Å². The Bertz CT molecular complexity index is 1070. The van der Waals surface area contributed by atoms with E-state index in [-0.39, 0.29) is 6.04 Å². The first-order valence-electron chi connectivity index (χ1n) is 9.88. The predicted molar refractivity (Wildman–Crippen MR) is 110 cm³/mol. The molecule has 2 aromatic heterocycles. The summed E-state index contributed by atoms with van der Waals surface area (Å²) >= 11 is 0. The Kier molecular flexibility index (Phi) is 4.37. The molecule has 1 atom stereocenters. The zero-order chi connectivity index (χ0) is 18.9. The number of ether oxygens (including phenoxy) is 1. The molecule has 5 nitrogen and oxygen atoms in total. The molecule has 0 fully saturated rings. The summed E-state index contributed by atoms with van der Waals surface area (Å²) in [5.41, 5.74) is 5.21. The number of H-pyrrole nitrogens is 2. The van der Waals surface area contributed by atoms with Crippen LogP contribution < -0.4 is 4.74 Å². The summed E-state index contributed by atoms with van der Waals surface area (Å²) in [6, 6.07) is 17.3. The Morgan fingerprint density at radius 1 is 1.14 bits per heavy atom. The minimum Gasteiger partial charge on any atom is -0.494 e. The first-order valence-corrected chi connectivity index (χ1v) is 9.88. The fourth-order valence-electron chi connectivity index (χ4n) is 4.33. The molecule has 2 N–H and O–H groups in total. The van der Waals surface area contributed by atoms with Gasteiger partial charge in [0.05, 0.1) is 19.2 Å². The van der Waals surface area contributed by atoms with Crippen LogP contribution in [0, 0.1) is 0 Å². The molecule has 5 heteroatoms. The lowest BCUT2D eigenvalue weighted by Crippen LogP contribution is -2.36. The van der Waals surface area contributed by atoms with Crippen molar-refractivity contribution in [1.29, 1.82) is 0 Å². The van der Waals surface area contributed by atoms with Crippen LogP contribution in [-0.4, -0.2) is 33.0 Å². The number of hydrogen-bond donors (Lipinski definition) is 2. The number of fused-ring (bicyclic) bond motifs is 3. The van der Waals surface area contributed by atoms with Crippen LogP contribution in [0.3, 0.4) is 0 Å². The van der Waals surface area contributed by atoms with Gasteiger partial charge in [-0.3, -0.25) is 4.90 Å². The molecule has 1 aliphatic heterocycles. The van der Waals surface area contributed by atoms with Gasteiger partial charge >= 0.3 is 0 Å². The van der Waals surface area contributed by atoms with E-state index in [0.717, 1.165) is 31.1 Å². The number of aromatic amines is 2. The molecule has 0 radical (unpaired) electrons. The lowest BCUT2D eigenvalue weighted by atomic mass is 9.92. The molecule has 28 heavy (non-hydrogen) atoms. The van der Waals surface area contributed by atoms with Crippen molar-refractivity contribution < 1.29 is 4.74 Å². The van der Waals surface area contributed by atoms with Gasteiger partial charge in [-0.2, -0.15) is 0 Å². The van der Waals surface area contributed by atoms with Crippen LogP contribution in [0.25, 0.3) is 10.9 Å². The molecule has 0 bridgehead atoms. The van der Waals surface area contributed by atoms with Crippen molar-refractivity contribution in [2.24, 2.45) is 0 Å². The lowest BCUT2D eigenvalue weighted by Gasteiger charge is -2.35. The number of imidazole rings is 1. The molecule has 0 amide bonds. The van der Waals surface area contributed by atoms with Gasteiger partial charge in [-0.25, -0.2) is 4.98 Å². The van der Waals surface area contributed by atoms with E-state index in [2.05, 4.69) is 68.4 Å². The van der Waals surface area contributed by atoms with Crippen LogP contribution in [0.1, 0.15) is 35.6 Å². The maximum atomic E-state index is 5.64. The highest BCUT2D eigenvalue weighted by atomic mass is 16.5. The Hall–Kier alpha value is -3.05. The summed E-state index contributed by atoms with van der Waals surface area (Å²) in [5.74, 6) is 1.91. The summed E-state index contributed by atoms with van der Waals surface area (Å²) < 4.78 is 5.64. The number of aromatic nitrogens is 3. The normalized spacial score (nSPS) is 17.0. The third-order valence-electron chi connectivity index (χ3n) is 5.55. The van der Waals surface area contributed by atoms with E-state index >= 15 is 0 Å². The molecule has 0 aliphatic carbocycles. The van der Waals surface area contributed by atoms with Gasteiger partial charge in [-0.15, -0.1) is 0 Å². The Morgan fingerprint density at radius 3 is 2.79 bits per heavy atom. The largest absolute Gasteiger partial charge is 0.494 e. The van der Waals surface area contributed by atoms with Crippen LogP contribution >= 0.6 is 0 Å². The summed E-state index contributed by atoms with van der Waals surface area (Å²) in [4.78, 5) is 13.9. The van der Waals surface area contributed by atoms with Crippen LogP contribution in [-0.2, 0) is 13.0 Å². The average molecular weight is 372 g/mol. The topological polar surface area (TPSA) is 56.9 Å². The zero-order valence-electron chi connectivity index (χ0n) is 16.0. The van der Waals surface area contributed by atoms with Crippen LogP contribution in [0.2, 0.25) is 0 Å². The Balaban J connectivity index is 1.59. The molecule has 3 heterocycles. The highest BCUT2D eigenvalue weighted by molar-refractivity contribution is 5.85. The second-order valence-electron chi connectivity index (χ2n) is 7.22. The SMILES string of the molecule is CCOc1ccc(C2c3[nH]c4ccccc4c3CCN2Cc2ncc[nH]2)cc1. The number of nitrogens with one attached hydrogen (secondary N) is 2. The van der Waals surface area contributed by atoms with Gasteiger partial charge in [0, 0.05) is 35.5 Å². The second kappa shape index (κ2) is 7.17. The predicted octanol–water partition coefficient (Wildman–Crippen LogP) is 4.44. The number of hydrogen-bond acceptors (Lipinski definition) is 3. The van der Waals surface area contributed by atoms with E-state index in [1.54, 1.807) is 0 Å². The van der Waals surface area contributed by atoms with Crippen molar-refractivity contribution in [3.63, 3.8) is 0 Å². The lowest BCUT2D eigenvalue weighted by molar-refractivity contribution is 0.197. The van der Waals surface area contributed by atoms with Gasteiger partial charge in [-0.05, 0) is 42.7 Å². The molecule has 0 saturated heterocycles. The Morgan fingerprint density at radius 2 is 2.00 bits per heavy atom. The summed E-state index contributed by atoms with van der Waals surface area (Å²) in [6.45, 7) is 4.48. The third-order valence-corrected chi connectivity index (χ3v) is 5.55. The van der Waals surface area contributed by atoms with Crippen LogP contribution in [0.15, 0.2) is 60.9 Å². The summed E-state index contributed by atoms with van der Waals surface area (Å²) in [6.07, 6.45) is 4.74. The first kappa shape index (κ1) is 17.1. The van der Waals surface area contributed by atoms with Gasteiger partial charge in [0.1, 0.15) is 11.6 Å². The summed E-state index contributed by atoms with van der Waals surface area (Å²) in [5, 5.41) is 1.34. The number of para-hydroxylation sites is 1. The molecule has 142 valence electrons. The molecule has 1 aliphatic rings. The van der Waals surface area contributed by atoms with Crippen molar-refractivity contribution >= 4 is 10.9 Å². The molecular formula is C23H24N4O. The molecule has 0 spiro atoms. The van der Waals surface area contributed by atoms with Crippen molar-refractivity contribution in [2.45, 2.75) is 25.9 Å². The van der Waals surface area contributed by atoms with Crippen molar-refractivity contribution in [3.05, 3.63) is 83.6 Å². The fraction of sp³-hybridized carbons (Fsp3) is 0.261. The minimum absolute atomic E-state index is 0.164. The molecular weight excluding hydrogens is 348 g/mol. The van der Waals surface area contributed by atoms with Gasteiger partial charge in [0.15, 0.2) is 0 Å². The van der Waals surface area contributed by atoms with Crippen molar-refractivity contribution in [3.8, 4) is 5.75 Å². The highest BCUT2D eigenvalue weighted by Crippen LogP contribution is 2.39. The van der Waals surface area contributed by atoms with Gasteiger partial charge < -0.3 is 14.7 Å². The van der Waals surface area contributed by atoms with Gasteiger partial charge in [0.2, 0.25) is 0 Å². The maximum Gasteiger partial charge on any atom is 0.120 e. The fourth-order valence-corrected chi connectivity index (χ4v) is 4.33. The van der Waals surface area contributed by atoms with E-state index in [0.29, 0.717) is 6.61 Å². The summed E-state index contributed by atoms with van der Waals surface area (Å²) in [7, 11) is 0. The molecule has 5 rings (SSSR count). The first-order chi connectivity index (χ1) is 13.8. The quantitative estimate of drug-likeness (QED) is 0.545. The third kappa shape index (κ3) is 2.98. The van der Waals surface area contributed by atoms with E-state index in [9.17, 15) is 0 Å². The monoisotopic (exact) mass is 372 g/mol. The van der Waals surface area contributed by atoms with E-state index in [1.165, 1.54) is 27.7 Å². The van der Waals surface area contributed by atoms with Crippen molar-refractivity contribution in [2.75, 3.05) is 13.2 Å². The molecule has 4 aromatic rings. The number of rotatable bonds is 5.